The van der Waals surface area contributed by atoms with Gasteiger partial charge in [0.2, 0.25) is 10.0 Å². The Morgan fingerprint density at radius 3 is 2.38 bits per heavy atom. The van der Waals surface area contributed by atoms with Gasteiger partial charge in [-0.2, -0.15) is 13.2 Å². The van der Waals surface area contributed by atoms with E-state index in [2.05, 4.69) is 10.0 Å². The van der Waals surface area contributed by atoms with Gasteiger partial charge >= 0.3 is 6.18 Å². The number of benzene rings is 2. The van der Waals surface area contributed by atoms with Crippen molar-refractivity contribution in [3.8, 4) is 0 Å². The summed E-state index contributed by atoms with van der Waals surface area (Å²) < 4.78 is 65.3. The van der Waals surface area contributed by atoms with Gasteiger partial charge in [-0.25, -0.2) is 13.1 Å². The lowest BCUT2D eigenvalue weighted by Crippen LogP contribution is -2.28. The molecule has 1 saturated carbocycles. The summed E-state index contributed by atoms with van der Waals surface area (Å²) in [6.07, 6.45) is -2.41. The lowest BCUT2D eigenvalue weighted by atomic mass is 10.1. The molecular formula is C20H21F3N2O3S. The van der Waals surface area contributed by atoms with Crippen molar-refractivity contribution in [1.82, 2.24) is 10.0 Å². The SMILES string of the molecule is CC(NC(=O)c1cccc(S(=O)(=O)NCC2CC2)c1)c1ccc(C(F)(F)F)cc1. The number of carbonyl (C=O) groups excluding carboxylic acids is 1. The summed E-state index contributed by atoms with van der Waals surface area (Å²) in [4.78, 5) is 12.5. The second-order valence-corrected chi connectivity index (χ2v) is 8.90. The highest BCUT2D eigenvalue weighted by molar-refractivity contribution is 7.89. The van der Waals surface area contributed by atoms with Crippen LogP contribution in [0.15, 0.2) is 53.4 Å². The summed E-state index contributed by atoms with van der Waals surface area (Å²) in [5, 5.41) is 2.67. The number of alkyl halides is 3. The van der Waals surface area contributed by atoms with Crippen LogP contribution >= 0.6 is 0 Å². The van der Waals surface area contributed by atoms with Gasteiger partial charge in [0.25, 0.3) is 5.91 Å². The molecule has 1 amide bonds. The Bertz CT molecular complexity index is 985. The van der Waals surface area contributed by atoms with Gasteiger partial charge in [0, 0.05) is 12.1 Å². The van der Waals surface area contributed by atoms with E-state index in [9.17, 15) is 26.4 Å². The molecule has 3 rings (SSSR count). The Morgan fingerprint density at radius 1 is 1.14 bits per heavy atom. The first-order valence-corrected chi connectivity index (χ1v) is 10.6. The van der Waals surface area contributed by atoms with Crippen LogP contribution in [0.4, 0.5) is 13.2 Å². The first-order chi connectivity index (χ1) is 13.6. The van der Waals surface area contributed by atoms with Crippen LogP contribution in [-0.2, 0) is 16.2 Å². The first kappa shape index (κ1) is 21.3. The molecule has 1 aliphatic carbocycles. The molecule has 0 heterocycles. The van der Waals surface area contributed by atoms with E-state index >= 15 is 0 Å². The summed E-state index contributed by atoms with van der Waals surface area (Å²) in [6, 6.07) is 9.60. The third kappa shape index (κ3) is 5.57. The van der Waals surface area contributed by atoms with Gasteiger partial charge < -0.3 is 5.32 Å². The highest BCUT2D eigenvalue weighted by atomic mass is 32.2. The molecule has 0 radical (unpaired) electrons. The summed E-state index contributed by atoms with van der Waals surface area (Å²) in [5.41, 5.74) is -0.115. The van der Waals surface area contributed by atoms with Crippen molar-refractivity contribution in [3.05, 3.63) is 65.2 Å². The maximum Gasteiger partial charge on any atom is 0.416 e. The third-order valence-electron chi connectivity index (χ3n) is 4.75. The average Bonchev–Trinajstić information content (AvgIpc) is 3.50. The minimum atomic E-state index is -4.43. The normalized spacial score (nSPS) is 15.7. The second-order valence-electron chi connectivity index (χ2n) is 7.14. The summed E-state index contributed by atoms with van der Waals surface area (Å²) in [6.45, 7) is 2.02. The van der Waals surface area contributed by atoms with Gasteiger partial charge in [-0.05, 0) is 61.6 Å². The number of hydrogen-bond donors (Lipinski definition) is 2. The number of carbonyl (C=O) groups is 1. The molecule has 1 fully saturated rings. The molecule has 0 bridgehead atoms. The number of nitrogens with one attached hydrogen (secondary N) is 2. The van der Waals surface area contributed by atoms with E-state index in [4.69, 9.17) is 0 Å². The van der Waals surface area contributed by atoms with E-state index in [0.29, 0.717) is 18.0 Å². The van der Waals surface area contributed by atoms with Crippen LogP contribution in [-0.4, -0.2) is 20.9 Å². The standard InChI is InChI=1S/C20H21F3N2O3S/c1-13(15-7-9-17(10-8-15)20(21,22)23)25-19(26)16-3-2-4-18(11-16)29(27,28)24-12-14-5-6-14/h2-4,7-11,13-14,24H,5-6,12H2,1H3,(H,25,26). The topological polar surface area (TPSA) is 75.3 Å². The minimum Gasteiger partial charge on any atom is -0.346 e. The van der Waals surface area contributed by atoms with Crippen molar-refractivity contribution in [2.45, 2.75) is 36.9 Å². The lowest BCUT2D eigenvalue weighted by Gasteiger charge is -2.16. The molecule has 5 nitrogen and oxygen atoms in total. The maximum absolute atomic E-state index is 12.7. The van der Waals surface area contributed by atoms with Crippen LogP contribution in [0.2, 0.25) is 0 Å². The van der Waals surface area contributed by atoms with Crippen molar-refractivity contribution in [1.29, 1.82) is 0 Å². The molecule has 1 aliphatic rings. The summed E-state index contributed by atoms with van der Waals surface area (Å²) >= 11 is 0. The fraction of sp³-hybridized carbons (Fsp3) is 0.350. The molecule has 0 aromatic heterocycles. The molecule has 9 heteroatoms. The van der Waals surface area contributed by atoms with Crippen molar-refractivity contribution in [3.63, 3.8) is 0 Å². The first-order valence-electron chi connectivity index (χ1n) is 9.14. The molecular weight excluding hydrogens is 405 g/mol. The zero-order valence-corrected chi connectivity index (χ0v) is 16.5. The van der Waals surface area contributed by atoms with E-state index in [1.54, 1.807) is 6.92 Å². The van der Waals surface area contributed by atoms with Crippen molar-refractivity contribution >= 4 is 15.9 Å². The fourth-order valence-electron chi connectivity index (χ4n) is 2.76. The summed E-state index contributed by atoms with van der Waals surface area (Å²) in [5.74, 6) is -0.141. The fourth-order valence-corrected chi connectivity index (χ4v) is 3.92. The van der Waals surface area contributed by atoms with Crippen molar-refractivity contribution in [2.75, 3.05) is 6.54 Å². The monoisotopic (exact) mass is 426 g/mol. The number of sulfonamides is 1. The number of halogens is 3. The molecule has 156 valence electrons. The molecule has 0 aliphatic heterocycles. The van der Waals surface area contributed by atoms with Crippen LogP contribution in [0.5, 0.6) is 0 Å². The van der Waals surface area contributed by atoms with Gasteiger partial charge in [-0.1, -0.05) is 18.2 Å². The summed E-state index contributed by atoms with van der Waals surface area (Å²) in [7, 11) is -3.71. The predicted octanol–water partition coefficient (Wildman–Crippen LogP) is 3.88. The molecule has 2 aromatic carbocycles. The molecule has 1 atom stereocenters. The molecule has 2 N–H and O–H groups in total. The van der Waals surface area contributed by atoms with E-state index < -0.39 is 33.7 Å². The number of hydrogen-bond acceptors (Lipinski definition) is 3. The van der Waals surface area contributed by atoms with Gasteiger partial charge in [-0.15, -0.1) is 0 Å². The molecule has 0 spiro atoms. The van der Waals surface area contributed by atoms with E-state index in [1.165, 1.54) is 36.4 Å². The van der Waals surface area contributed by atoms with Gasteiger partial charge in [0.15, 0.2) is 0 Å². The van der Waals surface area contributed by atoms with E-state index in [-0.39, 0.29) is 10.5 Å². The predicted molar refractivity (Wildman–Crippen MR) is 102 cm³/mol. The Hall–Kier alpha value is -2.39. The van der Waals surface area contributed by atoms with Crippen molar-refractivity contribution < 1.29 is 26.4 Å². The van der Waals surface area contributed by atoms with E-state index in [1.807, 2.05) is 0 Å². The largest absolute Gasteiger partial charge is 0.416 e. The second kappa shape index (κ2) is 8.16. The van der Waals surface area contributed by atoms with E-state index in [0.717, 1.165) is 25.0 Å². The van der Waals surface area contributed by atoms with Gasteiger partial charge in [0.1, 0.15) is 0 Å². The highest BCUT2D eigenvalue weighted by Gasteiger charge is 2.30. The molecule has 0 saturated heterocycles. The minimum absolute atomic E-state index is 0.00650. The number of amides is 1. The Kier molecular flexibility index (Phi) is 6.00. The van der Waals surface area contributed by atoms with Crippen LogP contribution in [0.1, 0.15) is 47.3 Å². The van der Waals surface area contributed by atoms with Crippen LogP contribution in [0, 0.1) is 5.92 Å². The Labute approximate surface area is 167 Å². The van der Waals surface area contributed by atoms with Gasteiger partial charge in [-0.3, -0.25) is 4.79 Å². The number of rotatable bonds is 7. The van der Waals surface area contributed by atoms with Crippen molar-refractivity contribution in [2.24, 2.45) is 5.92 Å². The van der Waals surface area contributed by atoms with Crippen LogP contribution in [0.25, 0.3) is 0 Å². The lowest BCUT2D eigenvalue weighted by molar-refractivity contribution is -0.137. The molecule has 29 heavy (non-hydrogen) atoms. The average molecular weight is 426 g/mol. The zero-order chi connectivity index (χ0) is 21.2. The Balaban J connectivity index is 1.68. The quantitative estimate of drug-likeness (QED) is 0.706. The van der Waals surface area contributed by atoms with Crippen LogP contribution < -0.4 is 10.0 Å². The zero-order valence-electron chi connectivity index (χ0n) is 15.7. The Morgan fingerprint density at radius 2 is 1.79 bits per heavy atom. The highest BCUT2D eigenvalue weighted by Crippen LogP contribution is 2.30. The van der Waals surface area contributed by atoms with Gasteiger partial charge in [0.05, 0.1) is 16.5 Å². The van der Waals surface area contributed by atoms with Crippen LogP contribution in [0.3, 0.4) is 0 Å². The molecule has 2 aromatic rings. The molecule has 1 unspecified atom stereocenters. The third-order valence-corrected chi connectivity index (χ3v) is 6.17. The maximum atomic E-state index is 12.7. The smallest absolute Gasteiger partial charge is 0.346 e.